The molecule has 0 unspecified atom stereocenters. The number of hydrogen-bond donors (Lipinski definition) is 2. The molecule has 0 aliphatic rings. The monoisotopic (exact) mass is 300 g/mol. The van der Waals surface area contributed by atoms with Crippen LogP contribution in [0.15, 0.2) is 30.3 Å². The lowest BCUT2D eigenvalue weighted by Crippen LogP contribution is -2.01. The average Bonchev–Trinajstić information content (AvgIpc) is 2.33. The summed E-state index contributed by atoms with van der Waals surface area (Å²) in [7, 11) is 0. The van der Waals surface area contributed by atoms with Crippen molar-refractivity contribution in [1.29, 1.82) is 0 Å². The molecule has 4 nitrogen and oxygen atoms in total. The van der Waals surface area contributed by atoms with Crippen LogP contribution in [0.1, 0.15) is 10.4 Å². The Bertz CT molecular complexity index is 650. The van der Waals surface area contributed by atoms with Crippen LogP contribution in [0.3, 0.4) is 0 Å². The van der Waals surface area contributed by atoms with E-state index in [2.05, 4.69) is 10.3 Å². The number of nitrogens with one attached hydrogen (secondary N) is 1. The minimum absolute atomic E-state index is 0.00386. The molecular weight excluding hydrogens is 294 g/mol. The van der Waals surface area contributed by atoms with Crippen LogP contribution >= 0.6 is 23.2 Å². The minimum atomic E-state index is -1.13. The molecule has 98 valence electrons. The molecule has 0 aliphatic heterocycles. The van der Waals surface area contributed by atoms with E-state index in [9.17, 15) is 9.18 Å². The van der Waals surface area contributed by atoms with Crippen LogP contribution < -0.4 is 5.32 Å². The lowest BCUT2D eigenvalue weighted by atomic mass is 10.2. The summed E-state index contributed by atoms with van der Waals surface area (Å²) in [5, 5.41) is 11.7. The molecule has 19 heavy (non-hydrogen) atoms. The van der Waals surface area contributed by atoms with Crippen LogP contribution in [0.5, 0.6) is 0 Å². The fraction of sp³-hybridized carbons (Fsp3) is 0. The molecule has 0 saturated heterocycles. The van der Waals surface area contributed by atoms with E-state index in [0.717, 1.165) is 0 Å². The first-order valence-electron chi connectivity index (χ1n) is 5.08. The predicted molar refractivity (Wildman–Crippen MR) is 70.9 cm³/mol. The number of carboxylic acid groups (broad SMARTS) is 1. The maximum absolute atomic E-state index is 13.3. The van der Waals surface area contributed by atoms with E-state index in [1.165, 1.54) is 30.3 Å². The Balaban J connectivity index is 2.32. The summed E-state index contributed by atoms with van der Waals surface area (Å²) in [4.78, 5) is 14.8. The summed E-state index contributed by atoms with van der Waals surface area (Å²) < 4.78 is 13.3. The zero-order valence-electron chi connectivity index (χ0n) is 9.32. The Morgan fingerprint density at radius 1 is 1.26 bits per heavy atom. The molecule has 2 aromatic rings. The normalized spacial score (nSPS) is 10.3. The first-order valence-corrected chi connectivity index (χ1v) is 5.84. The molecule has 0 atom stereocenters. The van der Waals surface area contributed by atoms with E-state index < -0.39 is 11.8 Å². The molecule has 0 saturated carbocycles. The van der Waals surface area contributed by atoms with Gasteiger partial charge in [0.15, 0.2) is 0 Å². The van der Waals surface area contributed by atoms with Gasteiger partial charge in [-0.05, 0) is 30.3 Å². The van der Waals surface area contributed by atoms with Gasteiger partial charge in [0, 0.05) is 5.69 Å². The lowest BCUT2D eigenvalue weighted by molar-refractivity contribution is 0.0697. The van der Waals surface area contributed by atoms with E-state index in [1.54, 1.807) is 0 Å². The van der Waals surface area contributed by atoms with Crippen molar-refractivity contribution in [3.05, 3.63) is 51.9 Å². The number of carboxylic acids is 1. The number of nitrogens with zero attached hydrogens (tertiary/aromatic N) is 1. The summed E-state index contributed by atoms with van der Waals surface area (Å²) >= 11 is 11.3. The van der Waals surface area contributed by atoms with E-state index in [4.69, 9.17) is 28.3 Å². The van der Waals surface area contributed by atoms with Gasteiger partial charge in [0.05, 0.1) is 10.6 Å². The summed E-state index contributed by atoms with van der Waals surface area (Å²) in [5.41, 5.74) is 0.366. The van der Waals surface area contributed by atoms with Crippen molar-refractivity contribution in [2.45, 2.75) is 0 Å². The van der Waals surface area contributed by atoms with Crippen LogP contribution in [-0.2, 0) is 0 Å². The van der Waals surface area contributed by atoms with E-state index in [1.807, 2.05) is 0 Å². The highest BCUT2D eigenvalue weighted by Crippen LogP contribution is 2.23. The number of benzene rings is 1. The van der Waals surface area contributed by atoms with Gasteiger partial charge in [-0.2, -0.15) is 0 Å². The van der Waals surface area contributed by atoms with Gasteiger partial charge < -0.3 is 10.4 Å². The van der Waals surface area contributed by atoms with Gasteiger partial charge in [-0.15, -0.1) is 0 Å². The number of aromatic nitrogens is 1. The Hall–Kier alpha value is -1.85. The molecule has 1 aromatic carbocycles. The number of rotatable bonds is 3. The third kappa shape index (κ3) is 3.33. The second-order valence-corrected chi connectivity index (χ2v) is 4.42. The van der Waals surface area contributed by atoms with Crippen LogP contribution in [0.4, 0.5) is 15.9 Å². The van der Waals surface area contributed by atoms with Gasteiger partial charge in [-0.1, -0.05) is 23.2 Å². The van der Waals surface area contributed by atoms with Gasteiger partial charge >= 0.3 is 5.97 Å². The maximum atomic E-state index is 13.3. The Kier molecular flexibility index (Phi) is 3.87. The topological polar surface area (TPSA) is 62.2 Å². The van der Waals surface area contributed by atoms with Crippen molar-refractivity contribution in [2.75, 3.05) is 5.32 Å². The molecule has 0 fully saturated rings. The van der Waals surface area contributed by atoms with Crippen molar-refractivity contribution >= 4 is 40.7 Å². The first-order chi connectivity index (χ1) is 8.95. The first kappa shape index (κ1) is 13.6. The second-order valence-electron chi connectivity index (χ2n) is 3.62. The minimum Gasteiger partial charge on any atom is -0.478 e. The quantitative estimate of drug-likeness (QED) is 0.842. The molecule has 1 heterocycles. The standard InChI is InChI=1S/C12H7Cl2FN2O2/c13-8-2-1-7(5-9(8)15)16-11-4-6(12(18)19)3-10(14)17-11/h1-5H,(H,16,17)(H,18,19). The molecule has 0 aliphatic carbocycles. The van der Waals surface area contributed by atoms with Crippen LogP contribution in [0.25, 0.3) is 0 Å². The highest BCUT2D eigenvalue weighted by molar-refractivity contribution is 6.30. The molecule has 2 N–H and O–H groups in total. The molecule has 7 heteroatoms. The fourth-order valence-electron chi connectivity index (χ4n) is 1.41. The number of carbonyl (C=O) groups is 1. The third-order valence-corrected chi connectivity index (χ3v) is 2.73. The summed E-state index contributed by atoms with van der Waals surface area (Å²) in [6.07, 6.45) is 0. The van der Waals surface area contributed by atoms with Gasteiger partial charge in [-0.25, -0.2) is 14.2 Å². The SMILES string of the molecule is O=C(O)c1cc(Cl)nc(Nc2ccc(Cl)c(F)c2)c1. The second kappa shape index (κ2) is 5.42. The number of halogens is 3. The predicted octanol–water partition coefficient (Wildman–Crippen LogP) is 3.97. The van der Waals surface area contributed by atoms with Gasteiger partial charge in [0.25, 0.3) is 0 Å². The van der Waals surface area contributed by atoms with E-state index >= 15 is 0 Å². The van der Waals surface area contributed by atoms with E-state index in [-0.39, 0.29) is 21.6 Å². The Morgan fingerprint density at radius 3 is 2.63 bits per heavy atom. The third-order valence-electron chi connectivity index (χ3n) is 2.23. The number of hydrogen-bond acceptors (Lipinski definition) is 3. The average molecular weight is 301 g/mol. The molecular formula is C12H7Cl2FN2O2. The number of anilines is 2. The molecule has 1 aromatic heterocycles. The van der Waals surface area contributed by atoms with Crippen LogP contribution in [0, 0.1) is 5.82 Å². The maximum Gasteiger partial charge on any atom is 0.335 e. The number of pyridine rings is 1. The Labute approximate surface area is 117 Å². The summed E-state index contributed by atoms with van der Waals surface area (Å²) in [6, 6.07) is 6.60. The number of aromatic carboxylic acids is 1. The molecule has 0 spiro atoms. The van der Waals surface area contributed by atoms with Gasteiger partial charge in [0.1, 0.15) is 16.8 Å². The van der Waals surface area contributed by atoms with E-state index in [0.29, 0.717) is 5.69 Å². The summed E-state index contributed by atoms with van der Waals surface area (Å²) in [5.74, 6) is -1.52. The van der Waals surface area contributed by atoms with Crippen molar-refractivity contribution in [3.8, 4) is 0 Å². The highest BCUT2D eigenvalue weighted by atomic mass is 35.5. The van der Waals surface area contributed by atoms with Crippen molar-refractivity contribution in [2.24, 2.45) is 0 Å². The van der Waals surface area contributed by atoms with Crippen LogP contribution in [0.2, 0.25) is 10.2 Å². The largest absolute Gasteiger partial charge is 0.478 e. The smallest absolute Gasteiger partial charge is 0.335 e. The molecule has 0 radical (unpaired) electrons. The zero-order chi connectivity index (χ0) is 14.0. The Morgan fingerprint density at radius 2 is 2.00 bits per heavy atom. The summed E-state index contributed by atoms with van der Waals surface area (Å²) in [6.45, 7) is 0. The molecule has 0 amide bonds. The van der Waals surface area contributed by atoms with Crippen molar-refractivity contribution < 1.29 is 14.3 Å². The molecule has 0 bridgehead atoms. The molecule has 2 rings (SSSR count). The van der Waals surface area contributed by atoms with Gasteiger partial charge in [-0.3, -0.25) is 0 Å². The van der Waals surface area contributed by atoms with Crippen molar-refractivity contribution in [3.63, 3.8) is 0 Å². The van der Waals surface area contributed by atoms with Crippen molar-refractivity contribution in [1.82, 2.24) is 4.98 Å². The van der Waals surface area contributed by atoms with Crippen LogP contribution in [-0.4, -0.2) is 16.1 Å². The highest BCUT2D eigenvalue weighted by Gasteiger charge is 2.08. The zero-order valence-corrected chi connectivity index (χ0v) is 10.8. The lowest BCUT2D eigenvalue weighted by Gasteiger charge is -2.07. The van der Waals surface area contributed by atoms with Gasteiger partial charge in [0.2, 0.25) is 0 Å². The fourth-order valence-corrected chi connectivity index (χ4v) is 1.73.